The van der Waals surface area contributed by atoms with Crippen molar-refractivity contribution in [3.8, 4) is 23.1 Å². The molecule has 0 spiro atoms. The van der Waals surface area contributed by atoms with Crippen molar-refractivity contribution in [1.29, 1.82) is 5.26 Å². The summed E-state index contributed by atoms with van der Waals surface area (Å²) >= 11 is 1.48. The first-order valence-corrected chi connectivity index (χ1v) is 11.3. The van der Waals surface area contributed by atoms with Gasteiger partial charge in [0.1, 0.15) is 5.54 Å². The van der Waals surface area contributed by atoms with Crippen LogP contribution in [-0.4, -0.2) is 54.0 Å². The van der Waals surface area contributed by atoms with Crippen LogP contribution in [0.15, 0.2) is 46.9 Å². The van der Waals surface area contributed by atoms with Crippen molar-refractivity contribution in [3.05, 3.63) is 58.2 Å². The molecule has 1 fully saturated rings. The zero-order chi connectivity index (χ0) is 24.0. The number of guanidine groups is 1. The normalized spacial score (nSPS) is 21.8. The van der Waals surface area contributed by atoms with Crippen LogP contribution >= 0.6 is 11.3 Å². The van der Waals surface area contributed by atoms with E-state index in [2.05, 4.69) is 16.0 Å². The van der Waals surface area contributed by atoms with Crippen molar-refractivity contribution in [2.45, 2.75) is 5.54 Å². The fraction of sp³-hybridized carbons (Fsp3) is 0.261. The summed E-state index contributed by atoms with van der Waals surface area (Å²) in [4.78, 5) is 30.4. The Kier molecular flexibility index (Phi) is 5.17. The van der Waals surface area contributed by atoms with Gasteiger partial charge in [-0.15, -0.1) is 11.3 Å². The van der Waals surface area contributed by atoms with Crippen LogP contribution in [0.1, 0.15) is 10.4 Å². The van der Waals surface area contributed by atoms with Crippen molar-refractivity contribution < 1.29 is 13.9 Å². The van der Waals surface area contributed by atoms with E-state index < -0.39 is 17.3 Å². The zero-order valence-corrected chi connectivity index (χ0v) is 19.2. The van der Waals surface area contributed by atoms with Gasteiger partial charge in [-0.2, -0.15) is 14.6 Å². The largest absolute Gasteiger partial charge is 0.479 e. The molecule has 2 atom stereocenters. The molecule has 2 aliphatic heterocycles. The summed E-state index contributed by atoms with van der Waals surface area (Å²) in [6.45, 7) is 0.566. The molecular formula is C23H20FN7O2S. The van der Waals surface area contributed by atoms with E-state index in [0.717, 1.165) is 22.2 Å². The van der Waals surface area contributed by atoms with Gasteiger partial charge in [-0.05, 0) is 34.7 Å². The summed E-state index contributed by atoms with van der Waals surface area (Å²) in [7, 11) is 2.93. The SMILES string of the molecule is COc1nc(N2C[C@H]3C(=O)N(C)C(N)=N[C@@]3(c3cc(-c4cccc(C#N)c4)cs3)C2)ncc1F. The van der Waals surface area contributed by atoms with Gasteiger partial charge in [-0.1, -0.05) is 12.1 Å². The molecule has 2 aliphatic rings. The topological polar surface area (TPSA) is 121 Å². The molecule has 172 valence electrons. The minimum absolute atomic E-state index is 0.127. The first kappa shape index (κ1) is 21.8. The second kappa shape index (κ2) is 8.07. The number of thiophene rings is 1. The Labute approximate surface area is 198 Å². The maximum absolute atomic E-state index is 13.9. The molecule has 1 amide bonds. The van der Waals surface area contributed by atoms with Gasteiger partial charge in [0.2, 0.25) is 17.7 Å². The van der Waals surface area contributed by atoms with Crippen molar-refractivity contribution in [2.24, 2.45) is 16.6 Å². The number of nitrogens with two attached hydrogens (primary N) is 1. The fourth-order valence-electron chi connectivity index (χ4n) is 4.44. The third-order valence-electron chi connectivity index (χ3n) is 6.22. The Hall–Kier alpha value is -4.04. The molecule has 1 saturated heterocycles. The number of ether oxygens (including phenoxy) is 1. The highest BCUT2D eigenvalue weighted by Gasteiger charge is 2.56. The molecule has 0 saturated carbocycles. The van der Waals surface area contributed by atoms with Gasteiger partial charge in [-0.3, -0.25) is 9.69 Å². The van der Waals surface area contributed by atoms with Gasteiger partial charge in [0.05, 0.1) is 37.4 Å². The molecule has 1 aromatic carbocycles. The number of benzene rings is 1. The summed E-state index contributed by atoms with van der Waals surface area (Å²) in [6, 6.07) is 11.5. The van der Waals surface area contributed by atoms with Gasteiger partial charge in [0.15, 0.2) is 5.96 Å². The van der Waals surface area contributed by atoms with E-state index in [9.17, 15) is 14.4 Å². The number of amides is 1. The molecule has 4 heterocycles. The van der Waals surface area contributed by atoms with Crippen molar-refractivity contribution in [1.82, 2.24) is 14.9 Å². The number of fused-ring (bicyclic) bond motifs is 1. The Morgan fingerprint density at radius 2 is 2.18 bits per heavy atom. The Morgan fingerprint density at radius 3 is 2.94 bits per heavy atom. The number of carbonyl (C=O) groups excluding carboxylic acids is 1. The fourth-order valence-corrected chi connectivity index (χ4v) is 5.55. The van der Waals surface area contributed by atoms with Crippen LogP contribution in [0.4, 0.5) is 10.3 Å². The number of hydrogen-bond acceptors (Lipinski definition) is 9. The lowest BCUT2D eigenvalue weighted by Crippen LogP contribution is -2.54. The molecule has 2 aromatic heterocycles. The molecule has 0 unspecified atom stereocenters. The first-order valence-electron chi connectivity index (χ1n) is 10.4. The summed E-state index contributed by atoms with van der Waals surface area (Å²) in [5, 5.41) is 11.2. The van der Waals surface area contributed by atoms with Crippen LogP contribution in [-0.2, 0) is 10.3 Å². The van der Waals surface area contributed by atoms with E-state index in [-0.39, 0.29) is 36.8 Å². The van der Waals surface area contributed by atoms with Crippen LogP contribution < -0.4 is 15.4 Å². The number of carbonyl (C=O) groups is 1. The first-order chi connectivity index (χ1) is 16.4. The van der Waals surface area contributed by atoms with E-state index in [1.165, 1.54) is 23.3 Å². The molecule has 9 nitrogen and oxygen atoms in total. The molecule has 0 radical (unpaired) electrons. The average molecular weight is 478 g/mol. The molecule has 11 heteroatoms. The summed E-state index contributed by atoms with van der Waals surface area (Å²) < 4.78 is 18.9. The molecular weight excluding hydrogens is 457 g/mol. The summed E-state index contributed by atoms with van der Waals surface area (Å²) in [6.07, 6.45) is 1.05. The smallest absolute Gasteiger partial charge is 0.255 e. The van der Waals surface area contributed by atoms with E-state index in [1.54, 1.807) is 18.0 Å². The van der Waals surface area contributed by atoms with Crippen LogP contribution in [0.2, 0.25) is 0 Å². The van der Waals surface area contributed by atoms with Crippen molar-refractivity contribution in [2.75, 3.05) is 32.1 Å². The maximum Gasteiger partial charge on any atom is 0.255 e. The number of aliphatic imine (C=N–C) groups is 1. The van der Waals surface area contributed by atoms with Gasteiger partial charge < -0.3 is 15.4 Å². The number of hydrogen-bond donors (Lipinski definition) is 1. The minimum atomic E-state index is -0.950. The second-order valence-corrected chi connectivity index (χ2v) is 9.06. The lowest BCUT2D eigenvalue weighted by atomic mass is 9.83. The number of halogens is 1. The number of anilines is 1. The Morgan fingerprint density at radius 1 is 1.35 bits per heavy atom. The lowest BCUT2D eigenvalue weighted by molar-refractivity contribution is -0.132. The third kappa shape index (κ3) is 3.34. The quantitative estimate of drug-likeness (QED) is 0.612. The molecule has 34 heavy (non-hydrogen) atoms. The number of aromatic nitrogens is 2. The lowest BCUT2D eigenvalue weighted by Gasteiger charge is -2.36. The zero-order valence-electron chi connectivity index (χ0n) is 18.4. The number of methoxy groups -OCH3 is 1. The highest BCUT2D eigenvalue weighted by Crippen LogP contribution is 2.47. The molecule has 0 bridgehead atoms. The maximum atomic E-state index is 13.9. The number of rotatable bonds is 4. The van der Waals surface area contributed by atoms with Crippen LogP contribution in [0.3, 0.4) is 0 Å². The third-order valence-corrected chi connectivity index (χ3v) is 7.32. The Balaban J connectivity index is 1.59. The molecule has 3 aromatic rings. The van der Waals surface area contributed by atoms with E-state index in [4.69, 9.17) is 15.5 Å². The summed E-state index contributed by atoms with van der Waals surface area (Å²) in [5.41, 5.74) is 7.58. The monoisotopic (exact) mass is 477 g/mol. The number of nitriles is 1. The Bertz CT molecular complexity index is 1370. The standard InChI is InChI=1S/C23H20FN7O2S/c1-30-20(32)16-10-31(22-27-9-17(24)19(28-22)33-2)12-23(16,29-21(30)26)18-7-15(11-34-18)14-5-3-4-13(6-14)8-25/h3-7,9,11,16H,10,12H2,1-2H3,(H2,26,29)/t16-,23-/m0/s1. The average Bonchev–Trinajstić information content (AvgIpc) is 3.50. The van der Waals surface area contributed by atoms with Crippen LogP contribution in [0.25, 0.3) is 11.1 Å². The van der Waals surface area contributed by atoms with E-state index in [0.29, 0.717) is 5.56 Å². The van der Waals surface area contributed by atoms with Gasteiger partial charge in [-0.25, -0.2) is 9.98 Å². The van der Waals surface area contributed by atoms with E-state index >= 15 is 0 Å². The number of nitrogens with zero attached hydrogens (tertiary/aromatic N) is 6. The van der Waals surface area contributed by atoms with Crippen molar-refractivity contribution >= 4 is 29.2 Å². The molecule has 0 aliphatic carbocycles. The van der Waals surface area contributed by atoms with Crippen molar-refractivity contribution in [3.63, 3.8) is 0 Å². The van der Waals surface area contributed by atoms with Gasteiger partial charge in [0, 0.05) is 18.5 Å². The van der Waals surface area contributed by atoms with Crippen LogP contribution in [0, 0.1) is 23.1 Å². The molecule has 2 N–H and O–H groups in total. The predicted molar refractivity (Wildman–Crippen MR) is 125 cm³/mol. The van der Waals surface area contributed by atoms with E-state index in [1.807, 2.05) is 29.6 Å². The predicted octanol–water partition coefficient (Wildman–Crippen LogP) is 2.34. The van der Waals surface area contributed by atoms with Gasteiger partial charge >= 0.3 is 0 Å². The minimum Gasteiger partial charge on any atom is -0.479 e. The van der Waals surface area contributed by atoms with Crippen LogP contribution in [0.5, 0.6) is 5.88 Å². The second-order valence-electron chi connectivity index (χ2n) is 8.14. The van der Waals surface area contributed by atoms with Gasteiger partial charge in [0.25, 0.3) is 5.88 Å². The highest BCUT2D eigenvalue weighted by molar-refractivity contribution is 7.10. The summed E-state index contributed by atoms with van der Waals surface area (Å²) in [5.74, 6) is -1.17. The highest BCUT2D eigenvalue weighted by atomic mass is 32.1. The molecule has 5 rings (SSSR count).